The fourth-order valence-corrected chi connectivity index (χ4v) is 2.69. The van der Waals surface area contributed by atoms with Crippen molar-refractivity contribution in [1.82, 2.24) is 10.2 Å². The lowest BCUT2D eigenvalue weighted by atomic mass is 10.1. The quantitative estimate of drug-likeness (QED) is 0.870. The van der Waals surface area contributed by atoms with Crippen molar-refractivity contribution in [2.75, 3.05) is 26.3 Å². The van der Waals surface area contributed by atoms with Gasteiger partial charge in [0, 0.05) is 19.1 Å². The van der Waals surface area contributed by atoms with Crippen molar-refractivity contribution in [3.05, 3.63) is 35.9 Å². The Balaban J connectivity index is 1.74. The summed E-state index contributed by atoms with van der Waals surface area (Å²) in [5.74, 6) is 0.677. The first-order valence-corrected chi connectivity index (χ1v) is 6.50. The van der Waals surface area contributed by atoms with Gasteiger partial charge in [-0.1, -0.05) is 30.3 Å². The van der Waals surface area contributed by atoms with Gasteiger partial charge in [0.15, 0.2) is 0 Å². The van der Waals surface area contributed by atoms with E-state index >= 15 is 0 Å². The molecule has 2 aliphatic rings. The van der Waals surface area contributed by atoms with Gasteiger partial charge >= 0.3 is 0 Å². The average Bonchev–Trinajstić information content (AvgIpc) is 3.03. The van der Waals surface area contributed by atoms with E-state index in [4.69, 9.17) is 4.74 Å². The molecule has 2 fully saturated rings. The molecule has 1 aromatic rings. The number of carbonyl (C=O) groups is 1. The van der Waals surface area contributed by atoms with Gasteiger partial charge in [0.25, 0.3) is 0 Å². The van der Waals surface area contributed by atoms with Crippen LogP contribution in [0.3, 0.4) is 0 Å². The monoisotopic (exact) mass is 246 g/mol. The Bertz CT molecular complexity index is 415. The minimum absolute atomic E-state index is 0.0271. The summed E-state index contributed by atoms with van der Waals surface area (Å²) in [5.41, 5.74) is 1.15. The highest BCUT2D eigenvalue weighted by molar-refractivity contribution is 5.81. The van der Waals surface area contributed by atoms with Gasteiger partial charge in [0.1, 0.15) is 6.17 Å². The second kappa shape index (κ2) is 5.08. The van der Waals surface area contributed by atoms with E-state index < -0.39 is 0 Å². The zero-order chi connectivity index (χ0) is 12.4. The standard InChI is InChI=1S/C14H18N2O2/c17-13-8-15-14(12-4-2-1-3-5-12)16(13)9-11-6-7-18-10-11/h1-5,11,14-15H,6-10H2. The van der Waals surface area contributed by atoms with Crippen molar-refractivity contribution >= 4 is 5.91 Å². The van der Waals surface area contributed by atoms with Crippen LogP contribution >= 0.6 is 0 Å². The minimum atomic E-state index is 0.0271. The van der Waals surface area contributed by atoms with Gasteiger partial charge in [-0.2, -0.15) is 0 Å². The van der Waals surface area contributed by atoms with E-state index in [9.17, 15) is 4.79 Å². The van der Waals surface area contributed by atoms with E-state index in [1.54, 1.807) is 0 Å². The third kappa shape index (κ3) is 2.26. The van der Waals surface area contributed by atoms with Crippen LogP contribution in [0.15, 0.2) is 30.3 Å². The van der Waals surface area contributed by atoms with Gasteiger partial charge < -0.3 is 9.64 Å². The molecule has 96 valence electrons. The van der Waals surface area contributed by atoms with Gasteiger partial charge in [-0.25, -0.2) is 0 Å². The Morgan fingerprint density at radius 2 is 2.17 bits per heavy atom. The summed E-state index contributed by atoms with van der Waals surface area (Å²) in [5, 5.41) is 3.28. The summed E-state index contributed by atoms with van der Waals surface area (Å²) >= 11 is 0. The Labute approximate surface area is 107 Å². The normalized spacial score (nSPS) is 28.0. The first kappa shape index (κ1) is 11.7. The second-order valence-corrected chi connectivity index (χ2v) is 4.97. The molecule has 2 heterocycles. The molecule has 0 saturated carbocycles. The topological polar surface area (TPSA) is 41.6 Å². The predicted octanol–water partition coefficient (Wildman–Crippen LogP) is 1.15. The molecule has 4 heteroatoms. The molecule has 1 aromatic carbocycles. The van der Waals surface area contributed by atoms with Crippen molar-refractivity contribution < 1.29 is 9.53 Å². The molecule has 0 spiro atoms. The summed E-state index contributed by atoms with van der Waals surface area (Å²) in [7, 11) is 0. The van der Waals surface area contributed by atoms with Gasteiger partial charge in [-0.05, 0) is 12.0 Å². The van der Waals surface area contributed by atoms with Crippen molar-refractivity contribution in [2.24, 2.45) is 5.92 Å². The molecule has 0 bridgehead atoms. The summed E-state index contributed by atoms with van der Waals surface area (Å²) in [6.07, 6.45) is 1.09. The van der Waals surface area contributed by atoms with Gasteiger partial charge in [0.2, 0.25) is 5.91 Å². The molecule has 4 nitrogen and oxygen atoms in total. The number of nitrogens with zero attached hydrogens (tertiary/aromatic N) is 1. The van der Waals surface area contributed by atoms with Crippen molar-refractivity contribution in [2.45, 2.75) is 12.6 Å². The number of rotatable bonds is 3. The summed E-state index contributed by atoms with van der Waals surface area (Å²) in [6.45, 7) is 2.85. The number of benzene rings is 1. The molecule has 2 atom stereocenters. The zero-order valence-electron chi connectivity index (χ0n) is 10.3. The number of nitrogens with one attached hydrogen (secondary N) is 1. The Hall–Kier alpha value is -1.39. The molecule has 3 rings (SSSR count). The predicted molar refractivity (Wildman–Crippen MR) is 67.8 cm³/mol. The van der Waals surface area contributed by atoms with E-state index in [0.717, 1.165) is 31.7 Å². The van der Waals surface area contributed by atoms with Crippen LogP contribution in [-0.4, -0.2) is 37.1 Å². The first-order valence-electron chi connectivity index (χ1n) is 6.50. The maximum Gasteiger partial charge on any atom is 0.238 e. The van der Waals surface area contributed by atoms with E-state index in [-0.39, 0.29) is 12.1 Å². The molecule has 1 N–H and O–H groups in total. The lowest BCUT2D eigenvalue weighted by molar-refractivity contribution is -0.128. The van der Waals surface area contributed by atoms with Crippen LogP contribution in [0.2, 0.25) is 0 Å². The highest BCUT2D eigenvalue weighted by atomic mass is 16.5. The molecule has 2 saturated heterocycles. The molecule has 1 amide bonds. The van der Waals surface area contributed by atoms with E-state index in [2.05, 4.69) is 17.4 Å². The van der Waals surface area contributed by atoms with Crippen molar-refractivity contribution in [3.8, 4) is 0 Å². The summed E-state index contributed by atoms with van der Waals surface area (Å²) in [4.78, 5) is 13.9. The van der Waals surface area contributed by atoms with Crippen molar-refractivity contribution in [3.63, 3.8) is 0 Å². The lowest BCUT2D eigenvalue weighted by Gasteiger charge is -2.26. The zero-order valence-corrected chi connectivity index (χ0v) is 10.3. The third-order valence-corrected chi connectivity index (χ3v) is 3.67. The van der Waals surface area contributed by atoms with Crippen LogP contribution in [0, 0.1) is 5.92 Å². The van der Waals surface area contributed by atoms with Gasteiger partial charge in [0.05, 0.1) is 13.2 Å². The highest BCUT2D eigenvalue weighted by Crippen LogP contribution is 2.25. The number of ether oxygens (including phenoxy) is 1. The molecule has 2 unspecified atom stereocenters. The van der Waals surface area contributed by atoms with Crippen LogP contribution in [0.1, 0.15) is 18.2 Å². The van der Waals surface area contributed by atoms with Crippen LogP contribution in [0.5, 0.6) is 0 Å². The number of hydrogen-bond donors (Lipinski definition) is 1. The summed E-state index contributed by atoms with van der Waals surface area (Å²) in [6, 6.07) is 10.1. The van der Waals surface area contributed by atoms with E-state index in [1.165, 1.54) is 0 Å². The number of carbonyl (C=O) groups excluding carboxylic acids is 1. The minimum Gasteiger partial charge on any atom is -0.381 e. The number of amides is 1. The molecule has 18 heavy (non-hydrogen) atoms. The van der Waals surface area contributed by atoms with E-state index in [1.807, 2.05) is 23.1 Å². The average molecular weight is 246 g/mol. The van der Waals surface area contributed by atoms with E-state index in [0.29, 0.717) is 12.5 Å². The Kier molecular flexibility index (Phi) is 3.30. The third-order valence-electron chi connectivity index (χ3n) is 3.67. The molecule has 2 aliphatic heterocycles. The lowest BCUT2D eigenvalue weighted by Crippen LogP contribution is -2.34. The fraction of sp³-hybridized carbons (Fsp3) is 0.500. The van der Waals surface area contributed by atoms with Crippen molar-refractivity contribution in [1.29, 1.82) is 0 Å². The van der Waals surface area contributed by atoms with Crippen LogP contribution in [-0.2, 0) is 9.53 Å². The molecule has 0 radical (unpaired) electrons. The fourth-order valence-electron chi connectivity index (χ4n) is 2.69. The SMILES string of the molecule is O=C1CNC(c2ccccc2)N1CC1CCOC1. The molecular formula is C14H18N2O2. The molecule has 0 aliphatic carbocycles. The summed E-state index contributed by atoms with van der Waals surface area (Å²) < 4.78 is 5.39. The number of hydrogen-bond acceptors (Lipinski definition) is 3. The van der Waals surface area contributed by atoms with Gasteiger partial charge in [-0.3, -0.25) is 10.1 Å². The first-order chi connectivity index (χ1) is 8.84. The largest absolute Gasteiger partial charge is 0.381 e. The maximum atomic E-state index is 12.0. The van der Waals surface area contributed by atoms with Crippen LogP contribution < -0.4 is 5.32 Å². The Morgan fingerprint density at radius 1 is 1.33 bits per heavy atom. The smallest absolute Gasteiger partial charge is 0.238 e. The maximum absolute atomic E-state index is 12.0. The molecular weight excluding hydrogens is 228 g/mol. The second-order valence-electron chi connectivity index (χ2n) is 4.97. The Morgan fingerprint density at radius 3 is 2.89 bits per heavy atom. The van der Waals surface area contributed by atoms with Crippen LogP contribution in [0.25, 0.3) is 0 Å². The van der Waals surface area contributed by atoms with Crippen LogP contribution in [0.4, 0.5) is 0 Å². The highest BCUT2D eigenvalue weighted by Gasteiger charge is 2.33. The van der Waals surface area contributed by atoms with Gasteiger partial charge in [-0.15, -0.1) is 0 Å². The molecule has 0 aromatic heterocycles.